The van der Waals surface area contributed by atoms with Gasteiger partial charge in [-0.1, -0.05) is 15.9 Å². The SMILES string of the molecule is Cc1nn(C)cc1C1CC(=O)c2cc(Br)ccc2O1. The van der Waals surface area contributed by atoms with Gasteiger partial charge in [-0.2, -0.15) is 5.10 Å². The third-order valence-electron chi connectivity index (χ3n) is 3.28. The lowest BCUT2D eigenvalue weighted by Gasteiger charge is -2.25. The molecule has 2 heterocycles. The first kappa shape index (κ1) is 12.4. The van der Waals surface area contributed by atoms with Gasteiger partial charge in [0.15, 0.2) is 5.78 Å². The van der Waals surface area contributed by atoms with Crippen molar-refractivity contribution in [2.75, 3.05) is 0 Å². The zero-order valence-corrected chi connectivity index (χ0v) is 12.3. The van der Waals surface area contributed by atoms with Crippen LogP contribution >= 0.6 is 15.9 Å². The Bertz CT molecular complexity index is 663. The number of aromatic nitrogens is 2. The lowest BCUT2D eigenvalue weighted by Crippen LogP contribution is -2.20. The van der Waals surface area contributed by atoms with Crippen molar-refractivity contribution in [1.29, 1.82) is 0 Å². The molecule has 1 aliphatic rings. The number of ketones is 1. The van der Waals surface area contributed by atoms with Gasteiger partial charge in [0.25, 0.3) is 0 Å². The summed E-state index contributed by atoms with van der Waals surface area (Å²) in [5.74, 6) is 0.753. The van der Waals surface area contributed by atoms with Crippen molar-refractivity contribution >= 4 is 21.7 Å². The van der Waals surface area contributed by atoms with Crippen molar-refractivity contribution in [2.24, 2.45) is 7.05 Å². The van der Waals surface area contributed by atoms with Crippen molar-refractivity contribution in [2.45, 2.75) is 19.4 Å². The summed E-state index contributed by atoms with van der Waals surface area (Å²) in [6.07, 6.45) is 2.03. The summed E-state index contributed by atoms with van der Waals surface area (Å²) in [6.45, 7) is 1.93. The van der Waals surface area contributed by atoms with E-state index in [1.165, 1.54) is 0 Å². The predicted molar refractivity (Wildman–Crippen MR) is 74.4 cm³/mol. The van der Waals surface area contributed by atoms with E-state index in [2.05, 4.69) is 21.0 Å². The van der Waals surface area contributed by atoms with Crippen molar-refractivity contribution < 1.29 is 9.53 Å². The van der Waals surface area contributed by atoms with Crippen molar-refractivity contribution in [1.82, 2.24) is 9.78 Å². The topological polar surface area (TPSA) is 44.1 Å². The number of rotatable bonds is 1. The van der Waals surface area contributed by atoms with Gasteiger partial charge in [0, 0.05) is 23.3 Å². The summed E-state index contributed by atoms with van der Waals surface area (Å²) in [6, 6.07) is 5.52. The van der Waals surface area contributed by atoms with Crippen LogP contribution in [0.25, 0.3) is 0 Å². The van der Waals surface area contributed by atoms with Gasteiger partial charge in [-0.25, -0.2) is 0 Å². The summed E-state index contributed by atoms with van der Waals surface area (Å²) in [5, 5.41) is 4.30. The fourth-order valence-electron chi connectivity index (χ4n) is 2.40. The fraction of sp³-hybridized carbons (Fsp3) is 0.286. The molecule has 2 aromatic rings. The second-order valence-corrected chi connectivity index (χ2v) is 5.63. The number of aryl methyl sites for hydroxylation is 2. The molecule has 0 saturated heterocycles. The smallest absolute Gasteiger partial charge is 0.170 e. The van der Waals surface area contributed by atoms with E-state index in [9.17, 15) is 4.79 Å². The van der Waals surface area contributed by atoms with Crippen LogP contribution in [0, 0.1) is 6.92 Å². The molecule has 1 aliphatic heterocycles. The minimum atomic E-state index is -0.241. The first-order valence-corrected chi connectivity index (χ1v) is 6.83. The Hall–Kier alpha value is -1.62. The second-order valence-electron chi connectivity index (χ2n) is 4.72. The molecule has 0 saturated carbocycles. The highest BCUT2D eigenvalue weighted by molar-refractivity contribution is 9.10. The number of halogens is 1. The number of nitrogens with zero attached hydrogens (tertiary/aromatic N) is 2. The fourth-order valence-corrected chi connectivity index (χ4v) is 2.76. The lowest BCUT2D eigenvalue weighted by molar-refractivity contribution is 0.0849. The molecule has 1 aromatic heterocycles. The molecule has 1 atom stereocenters. The Morgan fingerprint density at radius 3 is 2.95 bits per heavy atom. The van der Waals surface area contributed by atoms with E-state index in [4.69, 9.17) is 4.74 Å². The van der Waals surface area contributed by atoms with Crippen molar-refractivity contribution in [3.8, 4) is 5.75 Å². The maximum absolute atomic E-state index is 12.2. The summed E-state index contributed by atoms with van der Waals surface area (Å²) in [4.78, 5) is 12.2. The molecule has 0 spiro atoms. The number of benzene rings is 1. The van der Waals surface area contributed by atoms with Crippen LogP contribution in [0.3, 0.4) is 0 Å². The maximum Gasteiger partial charge on any atom is 0.170 e. The van der Waals surface area contributed by atoms with E-state index in [1.807, 2.05) is 38.4 Å². The average Bonchev–Trinajstić information content (AvgIpc) is 2.69. The number of fused-ring (bicyclic) bond motifs is 1. The van der Waals surface area contributed by atoms with Crippen LogP contribution in [0.15, 0.2) is 28.9 Å². The van der Waals surface area contributed by atoms with E-state index >= 15 is 0 Å². The van der Waals surface area contributed by atoms with Gasteiger partial charge in [0.2, 0.25) is 0 Å². The summed E-state index contributed by atoms with van der Waals surface area (Å²) in [7, 11) is 1.87. The molecule has 4 nitrogen and oxygen atoms in total. The standard InChI is InChI=1S/C14H13BrN2O2/c1-8-11(7-17(2)16-8)14-6-12(18)10-5-9(15)3-4-13(10)19-14/h3-5,7,14H,6H2,1-2H3. The average molecular weight is 321 g/mol. The Labute approximate surface area is 119 Å². The molecule has 98 valence electrons. The van der Waals surface area contributed by atoms with Crippen LogP contribution in [-0.2, 0) is 7.05 Å². The van der Waals surface area contributed by atoms with Gasteiger partial charge < -0.3 is 4.74 Å². The second kappa shape index (κ2) is 4.49. The van der Waals surface area contributed by atoms with Crippen LogP contribution in [0.5, 0.6) is 5.75 Å². The van der Waals surface area contributed by atoms with Gasteiger partial charge in [-0.05, 0) is 25.1 Å². The number of Topliss-reactive ketones (excluding diaryl/α,β-unsaturated/α-hetero) is 1. The zero-order valence-electron chi connectivity index (χ0n) is 10.7. The summed E-state index contributed by atoms with van der Waals surface area (Å²) < 4.78 is 8.58. The minimum absolute atomic E-state index is 0.107. The molecule has 0 amide bonds. The van der Waals surface area contributed by atoms with E-state index in [0.29, 0.717) is 17.7 Å². The van der Waals surface area contributed by atoms with Crippen LogP contribution < -0.4 is 4.74 Å². The Morgan fingerprint density at radius 2 is 2.26 bits per heavy atom. The number of carbonyl (C=O) groups excluding carboxylic acids is 1. The van der Waals surface area contributed by atoms with Gasteiger partial charge in [-0.15, -0.1) is 0 Å². The molecular formula is C14H13BrN2O2. The van der Waals surface area contributed by atoms with Crippen molar-refractivity contribution in [3.05, 3.63) is 45.7 Å². The maximum atomic E-state index is 12.2. The van der Waals surface area contributed by atoms with Crippen molar-refractivity contribution in [3.63, 3.8) is 0 Å². The Morgan fingerprint density at radius 1 is 1.47 bits per heavy atom. The number of hydrogen-bond donors (Lipinski definition) is 0. The van der Waals surface area contributed by atoms with Crippen LogP contribution in [0.1, 0.15) is 34.1 Å². The van der Waals surface area contributed by atoms with Crippen LogP contribution in [0.2, 0.25) is 0 Å². The molecule has 0 bridgehead atoms. The minimum Gasteiger partial charge on any atom is -0.484 e. The van der Waals surface area contributed by atoms with Gasteiger partial charge in [0.1, 0.15) is 11.9 Å². The molecular weight excluding hydrogens is 308 g/mol. The first-order valence-electron chi connectivity index (χ1n) is 6.04. The van der Waals surface area contributed by atoms with Gasteiger partial charge in [-0.3, -0.25) is 9.48 Å². The predicted octanol–water partition coefficient (Wildman–Crippen LogP) is 3.20. The lowest BCUT2D eigenvalue weighted by atomic mass is 9.97. The Kier molecular flexibility index (Phi) is 2.93. The van der Waals surface area contributed by atoms with E-state index < -0.39 is 0 Å². The largest absolute Gasteiger partial charge is 0.484 e. The van der Waals surface area contributed by atoms with Gasteiger partial charge in [0.05, 0.1) is 17.7 Å². The van der Waals surface area contributed by atoms with E-state index in [-0.39, 0.29) is 11.9 Å². The highest BCUT2D eigenvalue weighted by Gasteiger charge is 2.29. The highest BCUT2D eigenvalue weighted by Crippen LogP contribution is 2.36. The number of ether oxygens (including phenoxy) is 1. The summed E-state index contributed by atoms with van der Waals surface area (Å²) in [5.41, 5.74) is 2.53. The zero-order chi connectivity index (χ0) is 13.6. The molecule has 19 heavy (non-hydrogen) atoms. The van der Waals surface area contributed by atoms with E-state index in [0.717, 1.165) is 15.7 Å². The molecule has 0 aliphatic carbocycles. The van der Waals surface area contributed by atoms with Crippen LogP contribution in [-0.4, -0.2) is 15.6 Å². The Balaban J connectivity index is 1.99. The third kappa shape index (κ3) is 2.18. The number of carbonyl (C=O) groups is 1. The highest BCUT2D eigenvalue weighted by atomic mass is 79.9. The third-order valence-corrected chi connectivity index (χ3v) is 3.77. The first-order chi connectivity index (χ1) is 9.04. The molecule has 1 unspecified atom stereocenters. The quantitative estimate of drug-likeness (QED) is 0.810. The van der Waals surface area contributed by atoms with E-state index in [1.54, 1.807) is 4.68 Å². The monoisotopic (exact) mass is 320 g/mol. The van der Waals surface area contributed by atoms with Gasteiger partial charge >= 0.3 is 0 Å². The molecule has 1 aromatic carbocycles. The molecule has 3 rings (SSSR count). The molecule has 0 N–H and O–H groups in total. The molecule has 5 heteroatoms. The number of hydrogen-bond acceptors (Lipinski definition) is 3. The molecule has 0 fully saturated rings. The summed E-state index contributed by atoms with van der Waals surface area (Å²) >= 11 is 3.37. The van der Waals surface area contributed by atoms with Crippen LogP contribution in [0.4, 0.5) is 0 Å². The molecule has 0 radical (unpaired) electrons. The normalized spacial score (nSPS) is 18.1.